The van der Waals surface area contributed by atoms with Gasteiger partial charge in [-0.25, -0.2) is 9.97 Å². The normalized spacial score (nSPS) is 11.4. The molecule has 0 fully saturated rings. The molecule has 0 spiro atoms. The van der Waals surface area contributed by atoms with Crippen LogP contribution in [-0.2, 0) is 0 Å². The smallest absolute Gasteiger partial charge is 0.163 e. The second-order valence-electron chi connectivity index (χ2n) is 5.52. The molecule has 106 valence electrons. The van der Waals surface area contributed by atoms with Crippen LogP contribution in [0.4, 0.5) is 5.82 Å². The van der Waals surface area contributed by atoms with E-state index in [9.17, 15) is 0 Å². The van der Waals surface area contributed by atoms with Gasteiger partial charge < -0.3 is 5.32 Å². The van der Waals surface area contributed by atoms with Gasteiger partial charge in [-0.2, -0.15) is 0 Å². The van der Waals surface area contributed by atoms with E-state index in [0.29, 0.717) is 11.0 Å². The van der Waals surface area contributed by atoms with Crippen LogP contribution in [0.1, 0.15) is 33.6 Å². The van der Waals surface area contributed by atoms with Gasteiger partial charge in [0.1, 0.15) is 11.0 Å². The molecule has 0 amide bonds. The summed E-state index contributed by atoms with van der Waals surface area (Å²) in [5.74, 6) is 1.41. The van der Waals surface area contributed by atoms with E-state index in [1.165, 1.54) is 0 Å². The SMILES string of the molecule is CCCC(C)(C)Nc1cc(Cl)nc(-c2ccccc2)n1. The summed E-state index contributed by atoms with van der Waals surface area (Å²) >= 11 is 6.11. The van der Waals surface area contributed by atoms with Crippen molar-refractivity contribution in [3.8, 4) is 11.4 Å². The van der Waals surface area contributed by atoms with Gasteiger partial charge in [-0.05, 0) is 20.3 Å². The lowest BCUT2D eigenvalue weighted by atomic mass is 9.99. The molecule has 2 aromatic rings. The summed E-state index contributed by atoms with van der Waals surface area (Å²) in [7, 11) is 0. The van der Waals surface area contributed by atoms with E-state index in [1.54, 1.807) is 6.07 Å². The number of nitrogens with one attached hydrogen (secondary N) is 1. The molecule has 0 aliphatic carbocycles. The molecule has 20 heavy (non-hydrogen) atoms. The van der Waals surface area contributed by atoms with Crippen LogP contribution in [0, 0.1) is 0 Å². The second kappa shape index (κ2) is 6.23. The predicted octanol–water partition coefficient (Wildman–Crippen LogP) is 4.79. The number of hydrogen-bond donors (Lipinski definition) is 1. The third kappa shape index (κ3) is 3.94. The lowest BCUT2D eigenvalue weighted by molar-refractivity contribution is 0.509. The van der Waals surface area contributed by atoms with E-state index in [0.717, 1.165) is 24.2 Å². The Hall–Kier alpha value is -1.61. The Morgan fingerprint density at radius 3 is 2.50 bits per heavy atom. The lowest BCUT2D eigenvalue weighted by Gasteiger charge is -2.26. The van der Waals surface area contributed by atoms with Gasteiger partial charge in [-0.3, -0.25) is 0 Å². The summed E-state index contributed by atoms with van der Waals surface area (Å²) in [4.78, 5) is 8.86. The van der Waals surface area contributed by atoms with Gasteiger partial charge in [0.2, 0.25) is 0 Å². The molecule has 0 aliphatic heterocycles. The highest BCUT2D eigenvalue weighted by atomic mass is 35.5. The van der Waals surface area contributed by atoms with E-state index in [4.69, 9.17) is 11.6 Å². The van der Waals surface area contributed by atoms with Gasteiger partial charge >= 0.3 is 0 Å². The minimum atomic E-state index is -0.0135. The Bertz CT molecular complexity index is 567. The van der Waals surface area contributed by atoms with Gasteiger partial charge in [0.15, 0.2) is 5.82 Å². The molecule has 4 heteroatoms. The molecular formula is C16H20ClN3. The van der Waals surface area contributed by atoms with Crippen molar-refractivity contribution in [3.05, 3.63) is 41.6 Å². The molecular weight excluding hydrogens is 270 g/mol. The lowest BCUT2D eigenvalue weighted by Crippen LogP contribution is -2.31. The fourth-order valence-electron chi connectivity index (χ4n) is 2.23. The number of hydrogen-bond acceptors (Lipinski definition) is 3. The van der Waals surface area contributed by atoms with Crippen molar-refractivity contribution in [2.24, 2.45) is 0 Å². The van der Waals surface area contributed by atoms with E-state index < -0.39 is 0 Å². The highest BCUT2D eigenvalue weighted by Gasteiger charge is 2.17. The van der Waals surface area contributed by atoms with Gasteiger partial charge in [0, 0.05) is 17.2 Å². The Labute approximate surface area is 125 Å². The summed E-state index contributed by atoms with van der Waals surface area (Å²) in [6, 6.07) is 11.6. The van der Waals surface area contributed by atoms with Crippen molar-refractivity contribution in [2.75, 3.05) is 5.32 Å². The van der Waals surface area contributed by atoms with Crippen LogP contribution in [0.25, 0.3) is 11.4 Å². The number of anilines is 1. The van der Waals surface area contributed by atoms with Crippen molar-refractivity contribution >= 4 is 17.4 Å². The minimum absolute atomic E-state index is 0.0135. The zero-order chi connectivity index (χ0) is 14.6. The van der Waals surface area contributed by atoms with Crippen molar-refractivity contribution in [1.29, 1.82) is 0 Å². The first-order valence-corrected chi connectivity index (χ1v) is 7.26. The Balaban J connectivity index is 2.30. The zero-order valence-corrected chi connectivity index (χ0v) is 12.9. The molecule has 0 bridgehead atoms. The maximum Gasteiger partial charge on any atom is 0.163 e. The summed E-state index contributed by atoms with van der Waals surface area (Å²) in [6.07, 6.45) is 2.18. The molecule has 0 saturated heterocycles. The monoisotopic (exact) mass is 289 g/mol. The van der Waals surface area contributed by atoms with Gasteiger partial charge in [-0.1, -0.05) is 55.3 Å². The van der Waals surface area contributed by atoms with Gasteiger partial charge in [0.05, 0.1) is 0 Å². The number of halogens is 1. The average Bonchev–Trinajstić information content (AvgIpc) is 2.38. The second-order valence-corrected chi connectivity index (χ2v) is 5.91. The molecule has 0 unspecified atom stereocenters. The topological polar surface area (TPSA) is 37.8 Å². The summed E-state index contributed by atoms with van der Waals surface area (Å²) in [5, 5.41) is 3.89. The molecule has 1 aromatic carbocycles. The Morgan fingerprint density at radius 2 is 1.85 bits per heavy atom. The van der Waals surface area contributed by atoms with Crippen molar-refractivity contribution < 1.29 is 0 Å². The Morgan fingerprint density at radius 1 is 1.15 bits per heavy atom. The molecule has 2 rings (SSSR count). The summed E-state index contributed by atoms with van der Waals surface area (Å²) in [5.41, 5.74) is 0.951. The maximum atomic E-state index is 6.11. The highest BCUT2D eigenvalue weighted by Crippen LogP contribution is 2.23. The third-order valence-corrected chi connectivity index (χ3v) is 3.26. The van der Waals surface area contributed by atoms with E-state index in [-0.39, 0.29) is 5.54 Å². The van der Waals surface area contributed by atoms with E-state index in [1.807, 2.05) is 30.3 Å². The quantitative estimate of drug-likeness (QED) is 0.804. The highest BCUT2D eigenvalue weighted by molar-refractivity contribution is 6.29. The minimum Gasteiger partial charge on any atom is -0.365 e. The van der Waals surface area contributed by atoms with Crippen molar-refractivity contribution in [2.45, 2.75) is 39.2 Å². The van der Waals surface area contributed by atoms with Crippen LogP contribution in [0.2, 0.25) is 5.15 Å². The maximum absolute atomic E-state index is 6.11. The molecule has 1 aromatic heterocycles. The van der Waals surface area contributed by atoms with Gasteiger partial charge in [0.25, 0.3) is 0 Å². The van der Waals surface area contributed by atoms with Crippen LogP contribution in [0.15, 0.2) is 36.4 Å². The molecule has 0 atom stereocenters. The standard InChI is InChI=1S/C16H20ClN3/c1-4-10-16(2,3)20-14-11-13(17)18-15(19-14)12-8-6-5-7-9-12/h5-9,11H,4,10H2,1-3H3,(H,18,19,20). The van der Waals surface area contributed by atoms with Crippen molar-refractivity contribution in [1.82, 2.24) is 9.97 Å². The number of benzene rings is 1. The van der Waals surface area contributed by atoms with E-state index >= 15 is 0 Å². The predicted molar refractivity (Wildman–Crippen MR) is 85.1 cm³/mol. The van der Waals surface area contributed by atoms with Gasteiger partial charge in [-0.15, -0.1) is 0 Å². The van der Waals surface area contributed by atoms with Crippen LogP contribution < -0.4 is 5.32 Å². The largest absolute Gasteiger partial charge is 0.365 e. The van der Waals surface area contributed by atoms with Crippen LogP contribution >= 0.6 is 11.6 Å². The molecule has 0 saturated carbocycles. The fraction of sp³-hybridized carbons (Fsp3) is 0.375. The fourth-order valence-corrected chi connectivity index (χ4v) is 2.42. The summed E-state index contributed by atoms with van der Waals surface area (Å²) in [6.45, 7) is 6.50. The first-order chi connectivity index (χ1) is 9.50. The Kier molecular flexibility index (Phi) is 4.61. The third-order valence-electron chi connectivity index (χ3n) is 3.07. The molecule has 3 nitrogen and oxygen atoms in total. The number of rotatable bonds is 5. The average molecular weight is 290 g/mol. The molecule has 1 heterocycles. The molecule has 1 N–H and O–H groups in total. The number of aromatic nitrogens is 2. The molecule has 0 aliphatic rings. The first kappa shape index (κ1) is 14.8. The van der Waals surface area contributed by atoms with Crippen LogP contribution in [0.3, 0.4) is 0 Å². The summed E-state index contributed by atoms with van der Waals surface area (Å²) < 4.78 is 0. The molecule has 0 radical (unpaired) electrons. The van der Waals surface area contributed by atoms with Crippen LogP contribution in [0.5, 0.6) is 0 Å². The van der Waals surface area contributed by atoms with Crippen LogP contribution in [-0.4, -0.2) is 15.5 Å². The van der Waals surface area contributed by atoms with Crippen molar-refractivity contribution in [3.63, 3.8) is 0 Å². The van der Waals surface area contributed by atoms with E-state index in [2.05, 4.69) is 36.1 Å². The first-order valence-electron chi connectivity index (χ1n) is 6.88. The zero-order valence-electron chi connectivity index (χ0n) is 12.2. The number of nitrogens with zero attached hydrogens (tertiary/aromatic N) is 2.